The highest BCUT2D eigenvalue weighted by atomic mass is 32.2. The van der Waals surface area contributed by atoms with Crippen molar-refractivity contribution in [3.63, 3.8) is 0 Å². The highest BCUT2D eigenvalue weighted by Gasteiger charge is 2.39. The van der Waals surface area contributed by atoms with Gasteiger partial charge in [0.05, 0.1) is 16.8 Å². The summed E-state index contributed by atoms with van der Waals surface area (Å²) in [6.07, 6.45) is 11.3. The molecular formula is C15H28O2S2. The van der Waals surface area contributed by atoms with Gasteiger partial charge in [-0.1, -0.05) is 38.3 Å². The van der Waals surface area contributed by atoms with Crippen molar-refractivity contribution in [2.75, 3.05) is 18.1 Å². The molecule has 2 N–H and O–H groups in total. The SMILES string of the molecule is CCCCC[C@@H](O)C1(CC/C=C/CO)SCCCS1. The lowest BCUT2D eigenvalue weighted by Crippen LogP contribution is -2.38. The molecule has 1 aliphatic rings. The van der Waals surface area contributed by atoms with Crippen LogP contribution >= 0.6 is 23.5 Å². The monoisotopic (exact) mass is 304 g/mol. The minimum Gasteiger partial charge on any atom is -0.392 e. The first-order valence-corrected chi connectivity index (χ1v) is 9.44. The summed E-state index contributed by atoms with van der Waals surface area (Å²) in [4.78, 5) is 0. The zero-order valence-corrected chi connectivity index (χ0v) is 13.6. The first-order valence-electron chi connectivity index (χ1n) is 7.47. The van der Waals surface area contributed by atoms with Gasteiger partial charge in [-0.05, 0) is 37.2 Å². The Morgan fingerprint density at radius 2 is 1.95 bits per heavy atom. The summed E-state index contributed by atoms with van der Waals surface area (Å²) < 4.78 is -0.00815. The van der Waals surface area contributed by atoms with Crippen LogP contribution in [-0.2, 0) is 0 Å². The smallest absolute Gasteiger partial charge is 0.0871 e. The first kappa shape index (κ1) is 17.4. The predicted octanol–water partition coefficient (Wildman–Crippen LogP) is 3.82. The second-order valence-electron chi connectivity index (χ2n) is 5.07. The fourth-order valence-electron chi connectivity index (χ4n) is 2.38. The van der Waals surface area contributed by atoms with Crippen LogP contribution in [0.5, 0.6) is 0 Å². The number of aliphatic hydroxyl groups is 2. The van der Waals surface area contributed by atoms with E-state index in [1.165, 1.54) is 30.8 Å². The van der Waals surface area contributed by atoms with Crippen LogP contribution in [0.4, 0.5) is 0 Å². The molecule has 0 aliphatic carbocycles. The van der Waals surface area contributed by atoms with Crippen LogP contribution in [0.1, 0.15) is 51.9 Å². The van der Waals surface area contributed by atoms with E-state index in [4.69, 9.17) is 5.11 Å². The van der Waals surface area contributed by atoms with Crippen LogP contribution in [0.25, 0.3) is 0 Å². The lowest BCUT2D eigenvalue weighted by Gasteiger charge is -2.40. The zero-order chi connectivity index (χ0) is 14.0. The second kappa shape index (κ2) is 10.1. The molecule has 1 atom stereocenters. The first-order chi connectivity index (χ1) is 9.25. The summed E-state index contributed by atoms with van der Waals surface area (Å²) >= 11 is 3.90. The summed E-state index contributed by atoms with van der Waals surface area (Å²) in [6, 6.07) is 0. The summed E-state index contributed by atoms with van der Waals surface area (Å²) in [5.74, 6) is 2.34. The zero-order valence-electron chi connectivity index (χ0n) is 12.0. The quantitative estimate of drug-likeness (QED) is 0.502. The number of rotatable bonds is 9. The maximum absolute atomic E-state index is 10.6. The van der Waals surface area contributed by atoms with Crippen molar-refractivity contribution in [1.29, 1.82) is 0 Å². The minimum atomic E-state index is -0.197. The predicted molar refractivity (Wildman–Crippen MR) is 87.9 cm³/mol. The van der Waals surface area contributed by atoms with E-state index in [2.05, 4.69) is 6.92 Å². The van der Waals surface area contributed by atoms with Gasteiger partial charge in [0, 0.05) is 0 Å². The topological polar surface area (TPSA) is 40.5 Å². The van der Waals surface area contributed by atoms with Crippen LogP contribution in [0.2, 0.25) is 0 Å². The van der Waals surface area contributed by atoms with Crippen LogP contribution in [0.3, 0.4) is 0 Å². The van der Waals surface area contributed by atoms with E-state index in [1.807, 2.05) is 29.6 Å². The summed E-state index contributed by atoms with van der Waals surface area (Å²) in [7, 11) is 0. The Morgan fingerprint density at radius 1 is 1.21 bits per heavy atom. The molecule has 2 nitrogen and oxygen atoms in total. The Morgan fingerprint density at radius 3 is 2.58 bits per heavy atom. The number of aliphatic hydroxyl groups excluding tert-OH is 2. The van der Waals surface area contributed by atoms with Gasteiger partial charge in [0.15, 0.2) is 0 Å². The van der Waals surface area contributed by atoms with Crippen LogP contribution < -0.4 is 0 Å². The van der Waals surface area contributed by atoms with Crippen LogP contribution in [0, 0.1) is 0 Å². The van der Waals surface area contributed by atoms with Gasteiger partial charge in [-0.15, -0.1) is 23.5 Å². The normalized spacial score (nSPS) is 20.8. The van der Waals surface area contributed by atoms with Gasteiger partial charge in [-0.25, -0.2) is 0 Å². The van der Waals surface area contributed by atoms with Crippen molar-refractivity contribution in [2.45, 2.75) is 62.1 Å². The molecule has 1 saturated heterocycles. The minimum absolute atomic E-state index is 0.00815. The molecule has 1 fully saturated rings. The average molecular weight is 305 g/mol. The Labute approximate surface area is 126 Å². The molecule has 0 bridgehead atoms. The lowest BCUT2D eigenvalue weighted by atomic mass is 10.0. The summed E-state index contributed by atoms with van der Waals surface area (Å²) in [5, 5.41) is 19.4. The van der Waals surface area contributed by atoms with E-state index < -0.39 is 0 Å². The molecule has 0 amide bonds. The third-order valence-corrected chi connectivity index (χ3v) is 7.12. The fraction of sp³-hybridized carbons (Fsp3) is 0.867. The molecule has 1 aliphatic heterocycles. The third-order valence-electron chi connectivity index (χ3n) is 3.50. The molecule has 0 radical (unpaired) electrons. The average Bonchev–Trinajstić information content (AvgIpc) is 2.45. The van der Waals surface area contributed by atoms with Gasteiger partial charge in [0.2, 0.25) is 0 Å². The molecule has 1 heterocycles. The Bertz CT molecular complexity index is 251. The van der Waals surface area contributed by atoms with E-state index in [0.717, 1.165) is 25.7 Å². The van der Waals surface area contributed by atoms with Crippen molar-refractivity contribution < 1.29 is 10.2 Å². The van der Waals surface area contributed by atoms with E-state index >= 15 is 0 Å². The number of unbranched alkanes of at least 4 members (excludes halogenated alkanes) is 2. The number of hydrogen-bond donors (Lipinski definition) is 2. The van der Waals surface area contributed by atoms with Crippen LogP contribution in [-0.4, -0.2) is 38.5 Å². The molecule has 112 valence electrons. The van der Waals surface area contributed by atoms with Crippen molar-refractivity contribution in [1.82, 2.24) is 0 Å². The Kier molecular flexibility index (Phi) is 9.29. The molecule has 0 saturated carbocycles. The van der Waals surface area contributed by atoms with Crippen molar-refractivity contribution >= 4 is 23.5 Å². The highest BCUT2D eigenvalue weighted by molar-refractivity contribution is 8.18. The van der Waals surface area contributed by atoms with E-state index in [1.54, 1.807) is 6.08 Å². The lowest BCUT2D eigenvalue weighted by molar-refractivity contribution is 0.144. The molecule has 19 heavy (non-hydrogen) atoms. The molecule has 1 rings (SSSR count). The number of hydrogen-bond acceptors (Lipinski definition) is 4. The molecule has 0 aromatic heterocycles. The summed E-state index contributed by atoms with van der Waals surface area (Å²) in [6.45, 7) is 2.32. The van der Waals surface area contributed by atoms with E-state index in [9.17, 15) is 5.11 Å². The molecular weight excluding hydrogens is 276 g/mol. The van der Waals surface area contributed by atoms with E-state index in [-0.39, 0.29) is 16.8 Å². The molecule has 0 unspecified atom stereocenters. The second-order valence-corrected chi connectivity index (χ2v) is 8.18. The standard InChI is InChI=1S/C15H28O2S2/c1-2-3-5-9-14(17)15(10-6-4-7-11-16)18-12-8-13-19-15/h4,7,14,16-17H,2-3,5-6,8-13H2,1H3/b7-4+/t14-/m1/s1. The Hall–Kier alpha value is 0.360. The highest BCUT2D eigenvalue weighted by Crippen LogP contribution is 2.49. The van der Waals surface area contributed by atoms with Gasteiger partial charge in [0.1, 0.15) is 0 Å². The van der Waals surface area contributed by atoms with E-state index in [0.29, 0.717) is 0 Å². The van der Waals surface area contributed by atoms with Gasteiger partial charge in [-0.2, -0.15) is 0 Å². The maximum atomic E-state index is 10.6. The maximum Gasteiger partial charge on any atom is 0.0871 e. The van der Waals surface area contributed by atoms with Gasteiger partial charge in [-0.3, -0.25) is 0 Å². The van der Waals surface area contributed by atoms with Gasteiger partial charge >= 0.3 is 0 Å². The van der Waals surface area contributed by atoms with Gasteiger partial charge < -0.3 is 10.2 Å². The number of allylic oxidation sites excluding steroid dienone is 1. The Balaban J connectivity index is 2.50. The fourth-order valence-corrected chi connectivity index (χ4v) is 5.81. The van der Waals surface area contributed by atoms with Crippen molar-refractivity contribution in [3.8, 4) is 0 Å². The molecule has 0 aromatic rings. The largest absolute Gasteiger partial charge is 0.392 e. The third kappa shape index (κ3) is 6.11. The molecule has 0 spiro atoms. The van der Waals surface area contributed by atoms with Crippen LogP contribution in [0.15, 0.2) is 12.2 Å². The van der Waals surface area contributed by atoms with Gasteiger partial charge in [0.25, 0.3) is 0 Å². The van der Waals surface area contributed by atoms with Crippen molar-refractivity contribution in [3.05, 3.63) is 12.2 Å². The molecule has 4 heteroatoms. The van der Waals surface area contributed by atoms with Crippen molar-refractivity contribution in [2.24, 2.45) is 0 Å². The summed E-state index contributed by atoms with van der Waals surface area (Å²) in [5.41, 5.74) is 0. The molecule has 0 aromatic carbocycles. The number of thioether (sulfide) groups is 2.